The molecule has 1 rings (SSSR count). The van der Waals surface area contributed by atoms with Gasteiger partial charge in [-0.2, -0.15) is 0 Å². The summed E-state index contributed by atoms with van der Waals surface area (Å²) in [6.07, 6.45) is 2.67. The molecule has 0 spiro atoms. The third-order valence-electron chi connectivity index (χ3n) is 2.32. The summed E-state index contributed by atoms with van der Waals surface area (Å²) in [6, 6.07) is 10.1. The quantitative estimate of drug-likeness (QED) is 0.702. The van der Waals surface area contributed by atoms with Crippen LogP contribution in [0.5, 0.6) is 0 Å². The van der Waals surface area contributed by atoms with Crippen molar-refractivity contribution in [2.24, 2.45) is 11.5 Å². The predicted molar refractivity (Wildman–Crippen MR) is 77.4 cm³/mol. The van der Waals surface area contributed by atoms with E-state index in [4.69, 9.17) is 20.9 Å². The highest BCUT2D eigenvalue weighted by molar-refractivity contribution is 5.17. The van der Waals surface area contributed by atoms with Gasteiger partial charge in [-0.05, 0) is 25.8 Å². The molecular weight excluding hydrogens is 240 g/mol. The van der Waals surface area contributed by atoms with Crippen LogP contribution in [0.4, 0.5) is 0 Å². The zero-order valence-corrected chi connectivity index (χ0v) is 11.7. The molecule has 2 unspecified atom stereocenters. The number of rotatable bonds is 8. The Morgan fingerprint density at radius 2 is 1.58 bits per heavy atom. The van der Waals surface area contributed by atoms with Gasteiger partial charge in [0.1, 0.15) is 13.2 Å². The molecule has 1 aromatic rings. The number of nitrogens with two attached hydrogens (primary N) is 2. The first kappa shape index (κ1) is 15.5. The van der Waals surface area contributed by atoms with E-state index in [9.17, 15) is 0 Å². The zero-order chi connectivity index (χ0) is 14.1. The van der Waals surface area contributed by atoms with Crippen LogP contribution in [-0.2, 0) is 15.9 Å². The van der Waals surface area contributed by atoms with E-state index >= 15 is 0 Å². The van der Waals surface area contributed by atoms with E-state index in [1.807, 2.05) is 38.1 Å². The minimum absolute atomic E-state index is 0.0287. The summed E-state index contributed by atoms with van der Waals surface area (Å²) in [5, 5.41) is 0. The molecule has 0 aliphatic carbocycles. The molecule has 0 heterocycles. The highest BCUT2D eigenvalue weighted by atomic mass is 16.7. The molecule has 0 saturated heterocycles. The van der Waals surface area contributed by atoms with Gasteiger partial charge < -0.3 is 20.9 Å². The van der Waals surface area contributed by atoms with Crippen LogP contribution < -0.4 is 11.5 Å². The summed E-state index contributed by atoms with van der Waals surface area (Å²) in [5.74, 6) is 0.499. The lowest BCUT2D eigenvalue weighted by molar-refractivity contribution is 0.0267. The summed E-state index contributed by atoms with van der Waals surface area (Å²) in [5.41, 5.74) is 12.5. The molecule has 1 aromatic carbocycles. The maximum Gasteiger partial charge on any atom is 0.275 e. The van der Waals surface area contributed by atoms with E-state index in [-0.39, 0.29) is 12.1 Å². The minimum atomic E-state index is -0.0287. The second-order valence-corrected chi connectivity index (χ2v) is 4.79. The van der Waals surface area contributed by atoms with Gasteiger partial charge in [0.25, 0.3) is 5.95 Å². The Morgan fingerprint density at radius 3 is 2.05 bits per heavy atom. The average Bonchev–Trinajstić information content (AvgIpc) is 2.38. The van der Waals surface area contributed by atoms with Gasteiger partial charge in [0.15, 0.2) is 0 Å². The Kier molecular flexibility index (Phi) is 7.00. The predicted octanol–water partition coefficient (Wildman–Crippen LogP) is 1.80. The van der Waals surface area contributed by atoms with E-state index in [2.05, 4.69) is 12.1 Å². The molecule has 0 aromatic heterocycles. The topological polar surface area (TPSA) is 70.5 Å². The lowest BCUT2D eigenvalue weighted by Crippen LogP contribution is -2.25. The first-order valence-corrected chi connectivity index (χ1v) is 6.58. The third kappa shape index (κ3) is 7.49. The second kappa shape index (κ2) is 8.56. The largest absolute Gasteiger partial charge is 0.464 e. The van der Waals surface area contributed by atoms with Crippen LogP contribution in [0.3, 0.4) is 0 Å². The van der Waals surface area contributed by atoms with Crippen molar-refractivity contribution in [1.82, 2.24) is 0 Å². The van der Waals surface area contributed by atoms with Crippen molar-refractivity contribution in [2.75, 3.05) is 13.2 Å². The summed E-state index contributed by atoms with van der Waals surface area (Å²) < 4.78 is 11.1. The van der Waals surface area contributed by atoms with Crippen molar-refractivity contribution in [2.45, 2.75) is 32.4 Å². The summed E-state index contributed by atoms with van der Waals surface area (Å²) in [6.45, 7) is 4.64. The Labute approximate surface area is 115 Å². The molecule has 0 bridgehead atoms. The SMILES string of the molecule is CC(N)COC(=CCc1ccccc1)OCC(C)N. The van der Waals surface area contributed by atoms with Crippen LogP contribution in [0.1, 0.15) is 19.4 Å². The molecule has 0 aliphatic heterocycles. The van der Waals surface area contributed by atoms with Crippen molar-refractivity contribution in [3.63, 3.8) is 0 Å². The van der Waals surface area contributed by atoms with Crippen molar-refractivity contribution < 1.29 is 9.47 Å². The Balaban J connectivity index is 2.55. The van der Waals surface area contributed by atoms with Gasteiger partial charge in [0.2, 0.25) is 0 Å². The number of hydrogen-bond acceptors (Lipinski definition) is 4. The molecule has 106 valence electrons. The van der Waals surface area contributed by atoms with Crippen molar-refractivity contribution in [3.8, 4) is 0 Å². The second-order valence-electron chi connectivity index (χ2n) is 4.79. The number of allylic oxidation sites excluding steroid dienone is 1. The number of benzene rings is 1. The molecule has 4 nitrogen and oxygen atoms in total. The van der Waals surface area contributed by atoms with Crippen molar-refractivity contribution in [1.29, 1.82) is 0 Å². The van der Waals surface area contributed by atoms with Crippen molar-refractivity contribution >= 4 is 0 Å². The maximum atomic E-state index is 5.67. The zero-order valence-electron chi connectivity index (χ0n) is 11.7. The molecule has 0 saturated carbocycles. The van der Waals surface area contributed by atoms with Gasteiger partial charge in [-0.25, -0.2) is 0 Å². The monoisotopic (exact) mass is 264 g/mol. The van der Waals surface area contributed by atoms with E-state index < -0.39 is 0 Å². The molecule has 0 aliphatic rings. The highest BCUT2D eigenvalue weighted by Crippen LogP contribution is 2.07. The van der Waals surface area contributed by atoms with E-state index in [0.717, 1.165) is 6.42 Å². The van der Waals surface area contributed by atoms with Crippen LogP contribution in [0.25, 0.3) is 0 Å². The smallest absolute Gasteiger partial charge is 0.275 e. The first-order chi connectivity index (χ1) is 9.08. The van der Waals surface area contributed by atoms with Gasteiger partial charge in [0.05, 0.1) is 0 Å². The van der Waals surface area contributed by atoms with Gasteiger partial charge >= 0.3 is 0 Å². The van der Waals surface area contributed by atoms with Gasteiger partial charge in [-0.1, -0.05) is 30.3 Å². The molecule has 4 N–H and O–H groups in total. The number of hydrogen-bond donors (Lipinski definition) is 2. The summed E-state index contributed by atoms with van der Waals surface area (Å²) >= 11 is 0. The Bertz CT molecular complexity index is 361. The van der Waals surface area contributed by atoms with Crippen LogP contribution in [0.2, 0.25) is 0 Å². The fourth-order valence-corrected chi connectivity index (χ4v) is 1.40. The van der Waals surface area contributed by atoms with E-state index in [1.165, 1.54) is 5.56 Å². The van der Waals surface area contributed by atoms with E-state index in [1.54, 1.807) is 0 Å². The molecule has 4 heteroatoms. The fourth-order valence-electron chi connectivity index (χ4n) is 1.40. The van der Waals surface area contributed by atoms with E-state index in [0.29, 0.717) is 19.2 Å². The Hall–Kier alpha value is -1.52. The lowest BCUT2D eigenvalue weighted by Gasteiger charge is -2.15. The molecule has 0 radical (unpaired) electrons. The standard InChI is InChI=1S/C15H24N2O2/c1-12(16)10-18-15(19-11-13(2)17)9-8-14-6-4-3-5-7-14/h3-7,9,12-13H,8,10-11,16-17H2,1-2H3. The van der Waals surface area contributed by atoms with Crippen molar-refractivity contribution in [3.05, 3.63) is 47.9 Å². The lowest BCUT2D eigenvalue weighted by atomic mass is 10.1. The first-order valence-electron chi connectivity index (χ1n) is 6.58. The Morgan fingerprint density at radius 1 is 1.05 bits per heavy atom. The number of ether oxygens (including phenoxy) is 2. The fraction of sp³-hybridized carbons (Fsp3) is 0.467. The molecule has 2 atom stereocenters. The van der Waals surface area contributed by atoms with Gasteiger partial charge in [-0.15, -0.1) is 0 Å². The maximum absolute atomic E-state index is 5.67. The van der Waals surface area contributed by atoms with Gasteiger partial charge in [0, 0.05) is 18.2 Å². The molecule has 0 fully saturated rings. The molecule has 0 amide bonds. The molecular formula is C15H24N2O2. The summed E-state index contributed by atoms with van der Waals surface area (Å²) in [4.78, 5) is 0. The van der Waals surface area contributed by atoms with Crippen LogP contribution in [0, 0.1) is 0 Å². The summed E-state index contributed by atoms with van der Waals surface area (Å²) in [7, 11) is 0. The third-order valence-corrected chi connectivity index (χ3v) is 2.32. The van der Waals surface area contributed by atoms with Crippen LogP contribution in [0.15, 0.2) is 42.4 Å². The highest BCUT2D eigenvalue weighted by Gasteiger charge is 2.04. The minimum Gasteiger partial charge on any atom is -0.464 e. The van der Waals surface area contributed by atoms with Gasteiger partial charge in [-0.3, -0.25) is 0 Å². The normalized spacial score (nSPS) is 13.5. The molecule has 19 heavy (non-hydrogen) atoms. The van der Waals surface area contributed by atoms with Crippen LogP contribution >= 0.6 is 0 Å². The average molecular weight is 264 g/mol. The van der Waals surface area contributed by atoms with Crippen LogP contribution in [-0.4, -0.2) is 25.3 Å².